The van der Waals surface area contributed by atoms with Crippen molar-refractivity contribution in [3.8, 4) is 17.2 Å². The van der Waals surface area contributed by atoms with Crippen LogP contribution in [0.1, 0.15) is 15.2 Å². The summed E-state index contributed by atoms with van der Waals surface area (Å²) in [6.45, 7) is -0.504. The minimum atomic E-state index is -1.38. The summed E-state index contributed by atoms with van der Waals surface area (Å²) in [5.41, 5.74) is -2.79. The summed E-state index contributed by atoms with van der Waals surface area (Å²) >= 11 is 0.737. The fourth-order valence-electron chi connectivity index (χ4n) is 3.22. The molecule has 0 saturated carbocycles. The summed E-state index contributed by atoms with van der Waals surface area (Å²) < 4.78 is 53.2. The summed E-state index contributed by atoms with van der Waals surface area (Å²) in [7, 11) is 1.26. The fraction of sp³-hybridized carbons (Fsp3) is 0.0952. The molecule has 0 amide bonds. The number of rotatable bonds is 6. The summed E-state index contributed by atoms with van der Waals surface area (Å²) in [4.78, 5) is 38.8. The second kappa shape index (κ2) is 8.47. The number of nitrogens with zero attached hydrogens (tertiary/aromatic N) is 1. The van der Waals surface area contributed by atoms with E-state index in [2.05, 4.69) is 4.98 Å². The molecular weight excluding hydrogens is 465 g/mol. The van der Waals surface area contributed by atoms with E-state index >= 15 is 0 Å². The average Bonchev–Trinajstić information content (AvgIpc) is 3.21. The van der Waals surface area contributed by atoms with Crippen LogP contribution in [0, 0.1) is 17.5 Å². The van der Waals surface area contributed by atoms with E-state index < -0.39 is 47.0 Å². The Hall–Kier alpha value is -4.06. The van der Waals surface area contributed by atoms with Crippen LogP contribution in [-0.4, -0.2) is 27.7 Å². The van der Waals surface area contributed by atoms with Gasteiger partial charge in [0.1, 0.15) is 28.8 Å². The second-order valence-corrected chi connectivity index (χ2v) is 7.55. The highest BCUT2D eigenvalue weighted by atomic mass is 32.1. The fourth-order valence-corrected chi connectivity index (χ4v) is 4.05. The number of carbonyl (C=O) groups is 1. The number of hydrogen-bond donors (Lipinski definition) is 2. The van der Waals surface area contributed by atoms with Crippen LogP contribution in [0.25, 0.3) is 16.6 Å². The monoisotopic (exact) mass is 478 g/mol. The van der Waals surface area contributed by atoms with Gasteiger partial charge in [0, 0.05) is 11.4 Å². The molecule has 8 nitrogen and oxygen atoms in total. The van der Waals surface area contributed by atoms with Crippen molar-refractivity contribution in [3.05, 3.63) is 84.4 Å². The summed E-state index contributed by atoms with van der Waals surface area (Å²) in [5.74, 6) is -4.72. The zero-order valence-electron chi connectivity index (χ0n) is 16.6. The Kier molecular flexibility index (Phi) is 5.68. The lowest BCUT2D eigenvalue weighted by Crippen LogP contribution is -2.34. The van der Waals surface area contributed by atoms with Crippen LogP contribution >= 0.6 is 11.3 Å². The number of ether oxygens (including phenoxy) is 2. The molecule has 0 bridgehead atoms. The number of aromatic carboxylic acids is 1. The van der Waals surface area contributed by atoms with Gasteiger partial charge in [-0.3, -0.25) is 4.79 Å². The van der Waals surface area contributed by atoms with E-state index in [0.29, 0.717) is 4.57 Å². The normalized spacial score (nSPS) is 11.0. The molecule has 2 aromatic carbocycles. The molecule has 4 aromatic rings. The topological polar surface area (TPSA) is 111 Å². The number of fused-ring (bicyclic) bond motifs is 1. The van der Waals surface area contributed by atoms with E-state index in [0.717, 1.165) is 35.6 Å². The number of thiophene rings is 1. The van der Waals surface area contributed by atoms with Crippen molar-refractivity contribution in [2.75, 3.05) is 7.11 Å². The molecule has 0 spiro atoms. The van der Waals surface area contributed by atoms with Crippen LogP contribution in [0.5, 0.6) is 11.5 Å². The molecule has 12 heteroatoms. The first-order chi connectivity index (χ1) is 15.7. The molecule has 0 radical (unpaired) electrons. The van der Waals surface area contributed by atoms with Crippen molar-refractivity contribution in [3.63, 3.8) is 0 Å². The Balaban J connectivity index is 1.78. The van der Waals surface area contributed by atoms with Gasteiger partial charge in [-0.15, -0.1) is 11.3 Å². The molecule has 0 atom stereocenters. The molecule has 170 valence electrons. The van der Waals surface area contributed by atoms with Crippen molar-refractivity contribution in [1.82, 2.24) is 9.55 Å². The molecule has 0 aliphatic heterocycles. The first kappa shape index (κ1) is 22.1. The van der Waals surface area contributed by atoms with E-state index in [1.54, 1.807) is 0 Å². The Morgan fingerprint density at radius 2 is 1.88 bits per heavy atom. The first-order valence-electron chi connectivity index (χ1n) is 9.16. The summed E-state index contributed by atoms with van der Waals surface area (Å²) in [5, 5.41) is 10.3. The minimum Gasteiger partial charge on any atom is -0.496 e. The maximum atomic E-state index is 14.6. The van der Waals surface area contributed by atoms with Crippen LogP contribution in [0.3, 0.4) is 0 Å². The highest BCUT2D eigenvalue weighted by Crippen LogP contribution is 2.27. The van der Waals surface area contributed by atoms with E-state index in [1.807, 2.05) is 0 Å². The van der Waals surface area contributed by atoms with Crippen LogP contribution in [0.2, 0.25) is 0 Å². The van der Waals surface area contributed by atoms with Crippen LogP contribution in [-0.2, 0) is 6.61 Å². The van der Waals surface area contributed by atoms with Crippen LogP contribution < -0.4 is 20.7 Å². The van der Waals surface area contributed by atoms with Gasteiger partial charge in [0.25, 0.3) is 5.56 Å². The summed E-state index contributed by atoms with van der Waals surface area (Å²) in [6.07, 6.45) is 0. The highest BCUT2D eigenvalue weighted by Gasteiger charge is 2.21. The quantitative estimate of drug-likeness (QED) is 0.439. The molecule has 0 fully saturated rings. The molecule has 0 unspecified atom stereocenters. The van der Waals surface area contributed by atoms with Gasteiger partial charge in [-0.05, 0) is 24.3 Å². The molecule has 4 rings (SSSR count). The van der Waals surface area contributed by atoms with Gasteiger partial charge in [0.05, 0.1) is 29.3 Å². The maximum Gasteiger partial charge on any atom is 0.346 e. The number of carboxylic acid groups (broad SMARTS) is 1. The second-order valence-electron chi connectivity index (χ2n) is 6.67. The van der Waals surface area contributed by atoms with Gasteiger partial charge in [0.2, 0.25) is 0 Å². The van der Waals surface area contributed by atoms with Gasteiger partial charge in [-0.1, -0.05) is 0 Å². The lowest BCUT2D eigenvalue weighted by Gasteiger charge is -2.13. The van der Waals surface area contributed by atoms with E-state index in [4.69, 9.17) is 9.47 Å². The molecule has 2 aromatic heterocycles. The number of halogens is 3. The number of methoxy groups -OCH3 is 1. The summed E-state index contributed by atoms with van der Waals surface area (Å²) in [6, 6.07) is 5.17. The standard InChI is InChI=1S/C21H13F3N2O6S/c1-31-15-5-4-12(23)17(24)10(15)7-32-9-2-3-11(22)14(6-9)26-19(27)16-13(25-21(26)30)8-33-18(16)20(28)29/h2-6,8H,7H2,1H3,(H,25,30)(H,28,29). The number of benzene rings is 2. The van der Waals surface area contributed by atoms with Crippen molar-refractivity contribution in [1.29, 1.82) is 0 Å². The smallest absolute Gasteiger partial charge is 0.346 e. The van der Waals surface area contributed by atoms with Crippen molar-refractivity contribution >= 4 is 28.2 Å². The van der Waals surface area contributed by atoms with Crippen molar-refractivity contribution < 1.29 is 32.5 Å². The van der Waals surface area contributed by atoms with Gasteiger partial charge < -0.3 is 19.6 Å². The van der Waals surface area contributed by atoms with E-state index in [9.17, 15) is 32.7 Å². The number of hydrogen-bond acceptors (Lipinski definition) is 6. The van der Waals surface area contributed by atoms with Gasteiger partial charge in [0.15, 0.2) is 11.6 Å². The Morgan fingerprint density at radius 3 is 2.58 bits per heavy atom. The first-order valence-corrected chi connectivity index (χ1v) is 10.0. The molecule has 2 heterocycles. The number of carboxylic acids is 1. The predicted molar refractivity (Wildman–Crippen MR) is 112 cm³/mol. The highest BCUT2D eigenvalue weighted by molar-refractivity contribution is 7.13. The lowest BCUT2D eigenvalue weighted by molar-refractivity contribution is 0.0704. The third kappa shape index (κ3) is 3.84. The van der Waals surface area contributed by atoms with Crippen molar-refractivity contribution in [2.24, 2.45) is 0 Å². The Morgan fingerprint density at radius 1 is 1.15 bits per heavy atom. The average molecular weight is 478 g/mol. The molecule has 0 aliphatic carbocycles. The maximum absolute atomic E-state index is 14.6. The molecule has 0 saturated heterocycles. The molecular formula is C21H13F3N2O6S. The Bertz CT molecular complexity index is 1530. The van der Waals surface area contributed by atoms with Crippen LogP contribution in [0.4, 0.5) is 13.2 Å². The van der Waals surface area contributed by atoms with E-state index in [-0.39, 0.29) is 32.8 Å². The van der Waals surface area contributed by atoms with Crippen LogP contribution in [0.15, 0.2) is 45.3 Å². The van der Waals surface area contributed by atoms with E-state index in [1.165, 1.54) is 18.6 Å². The van der Waals surface area contributed by atoms with Gasteiger partial charge >= 0.3 is 11.7 Å². The zero-order valence-corrected chi connectivity index (χ0v) is 17.5. The Labute approximate surface area is 186 Å². The SMILES string of the molecule is COc1ccc(F)c(F)c1COc1ccc(F)c(-n2c(=O)[nH]c3csc(C(=O)O)c3c2=O)c1. The zero-order chi connectivity index (χ0) is 23.9. The van der Waals surface area contributed by atoms with Gasteiger partial charge in [-0.2, -0.15) is 0 Å². The number of aromatic nitrogens is 2. The van der Waals surface area contributed by atoms with Gasteiger partial charge in [-0.25, -0.2) is 27.3 Å². The molecule has 0 aliphatic rings. The number of H-pyrrole nitrogens is 1. The number of nitrogens with one attached hydrogen (secondary N) is 1. The van der Waals surface area contributed by atoms with Crippen molar-refractivity contribution in [2.45, 2.75) is 6.61 Å². The number of aromatic amines is 1. The minimum absolute atomic E-state index is 0.00476. The molecule has 2 N–H and O–H groups in total. The third-order valence-electron chi connectivity index (χ3n) is 4.76. The lowest BCUT2D eigenvalue weighted by atomic mass is 10.2. The molecule has 33 heavy (non-hydrogen) atoms. The predicted octanol–water partition coefficient (Wildman–Crippen LogP) is 3.44. The third-order valence-corrected chi connectivity index (χ3v) is 5.73. The largest absolute Gasteiger partial charge is 0.496 e.